The number of rotatable bonds is 6. The molecule has 1 heterocycles. The molecule has 0 atom stereocenters. The summed E-state index contributed by atoms with van der Waals surface area (Å²) in [4.78, 5) is 4.40. The number of para-hydroxylation sites is 2. The first-order valence-electron chi connectivity index (χ1n) is 5.65. The van der Waals surface area contributed by atoms with Crippen molar-refractivity contribution in [3.8, 4) is 0 Å². The summed E-state index contributed by atoms with van der Waals surface area (Å²) in [5.41, 5.74) is 2.90. The van der Waals surface area contributed by atoms with Gasteiger partial charge in [-0.1, -0.05) is 43.0 Å². The number of aromatic nitrogens is 1. The van der Waals surface area contributed by atoms with Crippen LogP contribution in [0.1, 0.15) is 6.92 Å². The van der Waals surface area contributed by atoms with Crippen molar-refractivity contribution in [2.45, 2.75) is 12.1 Å². The molecule has 3 nitrogen and oxygen atoms in total. The number of thioether (sulfide) groups is 1. The molecule has 17 heavy (non-hydrogen) atoms. The number of likely N-dealkylation sites (N-methyl/N-ethyl adjacent to an activating group) is 1. The summed E-state index contributed by atoms with van der Waals surface area (Å²) < 4.78 is 5.61. The Labute approximate surface area is 105 Å². The van der Waals surface area contributed by atoms with Gasteiger partial charge >= 0.3 is 0 Å². The molecule has 2 rings (SSSR count). The normalized spacial score (nSPS) is 10.9. The van der Waals surface area contributed by atoms with E-state index in [1.165, 1.54) is 0 Å². The second-order valence-electron chi connectivity index (χ2n) is 3.77. The maximum atomic E-state index is 5.61. The molecule has 0 amide bonds. The molecule has 1 N–H and O–H groups in total. The van der Waals surface area contributed by atoms with Crippen LogP contribution < -0.4 is 5.32 Å². The summed E-state index contributed by atoms with van der Waals surface area (Å²) in [6, 6.07) is 7.80. The van der Waals surface area contributed by atoms with E-state index in [0.29, 0.717) is 5.22 Å². The molecule has 4 heteroatoms. The average molecular weight is 248 g/mol. The van der Waals surface area contributed by atoms with Gasteiger partial charge in [0.05, 0.1) is 0 Å². The maximum absolute atomic E-state index is 5.61. The maximum Gasteiger partial charge on any atom is 0.257 e. The Morgan fingerprint density at radius 1 is 1.47 bits per heavy atom. The van der Waals surface area contributed by atoms with E-state index in [2.05, 4.69) is 23.8 Å². The standard InChI is InChI=1S/C13H16N2OS/c1-3-14-8-10(2)9-17-13-15-11-6-4-5-7-12(11)16-13/h4-7,14H,2-3,8-9H2,1H3. The first-order valence-corrected chi connectivity index (χ1v) is 6.64. The van der Waals surface area contributed by atoms with Gasteiger partial charge in [-0.3, -0.25) is 0 Å². The highest BCUT2D eigenvalue weighted by atomic mass is 32.2. The molecule has 0 radical (unpaired) electrons. The predicted molar refractivity (Wildman–Crippen MR) is 72.4 cm³/mol. The van der Waals surface area contributed by atoms with Crippen molar-refractivity contribution in [1.29, 1.82) is 0 Å². The lowest BCUT2D eigenvalue weighted by atomic mass is 10.3. The molecule has 0 aliphatic carbocycles. The van der Waals surface area contributed by atoms with Gasteiger partial charge < -0.3 is 9.73 Å². The van der Waals surface area contributed by atoms with Crippen LogP contribution in [0.4, 0.5) is 0 Å². The molecular formula is C13H16N2OS. The SMILES string of the molecule is C=C(CNCC)CSc1nc2ccccc2o1. The smallest absolute Gasteiger partial charge is 0.257 e. The minimum atomic E-state index is 0.712. The van der Waals surface area contributed by atoms with Gasteiger partial charge in [-0.25, -0.2) is 4.98 Å². The van der Waals surface area contributed by atoms with Crippen molar-refractivity contribution in [3.05, 3.63) is 36.4 Å². The van der Waals surface area contributed by atoms with Crippen LogP contribution in [-0.4, -0.2) is 23.8 Å². The number of nitrogens with zero attached hydrogens (tertiary/aromatic N) is 1. The number of fused-ring (bicyclic) bond motifs is 1. The molecular weight excluding hydrogens is 232 g/mol. The predicted octanol–water partition coefficient (Wildman–Crippen LogP) is 3.09. The lowest BCUT2D eigenvalue weighted by Crippen LogP contribution is -2.16. The average Bonchev–Trinajstić information content (AvgIpc) is 2.76. The molecule has 0 saturated carbocycles. The van der Waals surface area contributed by atoms with Crippen LogP contribution in [0.3, 0.4) is 0 Å². The highest BCUT2D eigenvalue weighted by Gasteiger charge is 2.05. The van der Waals surface area contributed by atoms with Gasteiger partial charge in [0.15, 0.2) is 5.58 Å². The van der Waals surface area contributed by atoms with Crippen molar-refractivity contribution in [2.24, 2.45) is 0 Å². The summed E-state index contributed by atoms with van der Waals surface area (Å²) in [6.07, 6.45) is 0. The van der Waals surface area contributed by atoms with Gasteiger partial charge in [-0.15, -0.1) is 0 Å². The molecule has 0 bridgehead atoms. The third-order valence-electron chi connectivity index (χ3n) is 2.30. The molecule has 1 aromatic heterocycles. The van der Waals surface area contributed by atoms with E-state index in [1.54, 1.807) is 11.8 Å². The number of hydrogen-bond acceptors (Lipinski definition) is 4. The first kappa shape index (κ1) is 12.2. The van der Waals surface area contributed by atoms with Crippen molar-refractivity contribution >= 4 is 22.9 Å². The topological polar surface area (TPSA) is 38.1 Å². The second kappa shape index (κ2) is 5.89. The Balaban J connectivity index is 1.92. The Hall–Kier alpha value is -1.26. The number of oxazole rings is 1. The first-order chi connectivity index (χ1) is 8.29. The molecule has 0 aliphatic rings. The van der Waals surface area contributed by atoms with Crippen LogP contribution in [0, 0.1) is 0 Å². The summed E-state index contributed by atoms with van der Waals surface area (Å²) in [6.45, 7) is 7.91. The fourth-order valence-corrected chi connectivity index (χ4v) is 2.17. The van der Waals surface area contributed by atoms with Crippen LogP contribution in [0.5, 0.6) is 0 Å². The minimum Gasteiger partial charge on any atom is -0.431 e. The van der Waals surface area contributed by atoms with Gasteiger partial charge in [0.25, 0.3) is 5.22 Å². The molecule has 0 unspecified atom stereocenters. The van der Waals surface area contributed by atoms with Crippen LogP contribution in [0.2, 0.25) is 0 Å². The lowest BCUT2D eigenvalue weighted by molar-refractivity contribution is 0.489. The lowest BCUT2D eigenvalue weighted by Gasteiger charge is -2.03. The quantitative estimate of drug-likeness (QED) is 0.630. The third-order valence-corrected chi connectivity index (χ3v) is 3.27. The van der Waals surface area contributed by atoms with Gasteiger partial charge in [-0.2, -0.15) is 0 Å². The molecule has 2 aromatic rings. The van der Waals surface area contributed by atoms with Crippen molar-refractivity contribution in [1.82, 2.24) is 10.3 Å². The zero-order chi connectivity index (χ0) is 12.1. The largest absolute Gasteiger partial charge is 0.431 e. The van der Waals surface area contributed by atoms with E-state index in [1.807, 2.05) is 24.3 Å². The van der Waals surface area contributed by atoms with E-state index >= 15 is 0 Å². The zero-order valence-electron chi connectivity index (χ0n) is 9.90. The van der Waals surface area contributed by atoms with Crippen molar-refractivity contribution < 1.29 is 4.42 Å². The van der Waals surface area contributed by atoms with Crippen LogP contribution >= 0.6 is 11.8 Å². The third kappa shape index (κ3) is 3.35. The number of nitrogens with one attached hydrogen (secondary N) is 1. The molecule has 1 aromatic carbocycles. The van der Waals surface area contributed by atoms with Gasteiger partial charge in [-0.05, 0) is 18.7 Å². The Morgan fingerprint density at radius 3 is 3.06 bits per heavy atom. The molecule has 90 valence electrons. The van der Waals surface area contributed by atoms with E-state index < -0.39 is 0 Å². The fraction of sp³-hybridized carbons (Fsp3) is 0.308. The zero-order valence-corrected chi connectivity index (χ0v) is 10.7. The van der Waals surface area contributed by atoms with E-state index in [-0.39, 0.29) is 0 Å². The molecule has 0 spiro atoms. The molecule has 0 fully saturated rings. The van der Waals surface area contributed by atoms with E-state index in [9.17, 15) is 0 Å². The van der Waals surface area contributed by atoms with Crippen molar-refractivity contribution in [3.63, 3.8) is 0 Å². The van der Waals surface area contributed by atoms with Crippen LogP contribution in [0.25, 0.3) is 11.1 Å². The fourth-order valence-electron chi connectivity index (χ4n) is 1.43. The molecule has 0 saturated heterocycles. The van der Waals surface area contributed by atoms with Gasteiger partial charge in [0.1, 0.15) is 5.52 Å². The highest BCUT2D eigenvalue weighted by molar-refractivity contribution is 7.99. The van der Waals surface area contributed by atoms with Gasteiger partial charge in [0, 0.05) is 12.3 Å². The van der Waals surface area contributed by atoms with Crippen LogP contribution in [0.15, 0.2) is 46.1 Å². The van der Waals surface area contributed by atoms with E-state index in [4.69, 9.17) is 4.42 Å². The minimum absolute atomic E-state index is 0.712. The Morgan fingerprint density at radius 2 is 2.29 bits per heavy atom. The summed E-state index contributed by atoms with van der Waals surface area (Å²) in [5.74, 6) is 0.833. The Bertz CT molecular complexity index is 474. The van der Waals surface area contributed by atoms with Crippen molar-refractivity contribution in [2.75, 3.05) is 18.8 Å². The number of hydrogen-bond donors (Lipinski definition) is 1. The second-order valence-corrected chi connectivity index (χ2v) is 4.69. The van der Waals surface area contributed by atoms with E-state index in [0.717, 1.165) is 35.5 Å². The van der Waals surface area contributed by atoms with Gasteiger partial charge in [0.2, 0.25) is 0 Å². The summed E-state index contributed by atoms with van der Waals surface area (Å²) in [7, 11) is 0. The number of benzene rings is 1. The van der Waals surface area contributed by atoms with Crippen LogP contribution in [-0.2, 0) is 0 Å². The summed E-state index contributed by atoms with van der Waals surface area (Å²) in [5, 5.41) is 3.96. The monoisotopic (exact) mass is 248 g/mol. The highest BCUT2D eigenvalue weighted by Crippen LogP contribution is 2.24. The molecule has 0 aliphatic heterocycles. The summed E-state index contributed by atoms with van der Waals surface area (Å²) >= 11 is 1.59. The Kier molecular flexibility index (Phi) is 4.23.